The monoisotopic (exact) mass is 309 g/mol. The largest absolute Gasteiger partial charge is 0.486 e. The summed E-state index contributed by atoms with van der Waals surface area (Å²) in [4.78, 5) is 0. The summed E-state index contributed by atoms with van der Waals surface area (Å²) in [6, 6.07) is 6.72. The number of benzene rings is 1. The van der Waals surface area contributed by atoms with Gasteiger partial charge in [-0.15, -0.1) is 0 Å². The highest BCUT2D eigenvalue weighted by atomic mass is 32.2. The minimum Gasteiger partial charge on any atom is -0.486 e. The summed E-state index contributed by atoms with van der Waals surface area (Å²) in [6.07, 6.45) is 3.95. The Labute approximate surface area is 132 Å². The van der Waals surface area contributed by atoms with Crippen molar-refractivity contribution in [2.45, 2.75) is 39.2 Å². The molecule has 1 aromatic carbocycles. The molecule has 0 saturated carbocycles. The van der Waals surface area contributed by atoms with E-state index < -0.39 is 0 Å². The summed E-state index contributed by atoms with van der Waals surface area (Å²) in [6.45, 7) is 6.69. The maximum absolute atomic E-state index is 5.69. The summed E-state index contributed by atoms with van der Waals surface area (Å²) in [7, 11) is 0. The second-order valence-corrected chi connectivity index (χ2v) is 6.45. The number of rotatable bonds is 9. The lowest BCUT2D eigenvalue weighted by Gasteiger charge is -2.22. The number of fused-ring (bicyclic) bond motifs is 1. The van der Waals surface area contributed by atoms with Gasteiger partial charge in [-0.05, 0) is 36.4 Å². The van der Waals surface area contributed by atoms with E-state index >= 15 is 0 Å². The molecule has 21 heavy (non-hydrogen) atoms. The SMILES string of the molecule is CCCCCSCC(NCC)c1ccc2c(c1)OCCO2. The van der Waals surface area contributed by atoms with E-state index in [0.29, 0.717) is 19.3 Å². The molecule has 0 fully saturated rings. The van der Waals surface area contributed by atoms with Gasteiger partial charge in [0.15, 0.2) is 11.5 Å². The van der Waals surface area contributed by atoms with Crippen LogP contribution in [0.4, 0.5) is 0 Å². The van der Waals surface area contributed by atoms with Crippen molar-refractivity contribution in [2.75, 3.05) is 31.3 Å². The van der Waals surface area contributed by atoms with Crippen molar-refractivity contribution in [1.29, 1.82) is 0 Å². The molecule has 1 aliphatic rings. The van der Waals surface area contributed by atoms with E-state index in [1.807, 2.05) is 17.8 Å². The molecular formula is C17H27NO2S. The molecule has 0 spiro atoms. The van der Waals surface area contributed by atoms with Crippen molar-refractivity contribution < 1.29 is 9.47 Å². The van der Waals surface area contributed by atoms with Gasteiger partial charge in [0.05, 0.1) is 0 Å². The van der Waals surface area contributed by atoms with E-state index in [9.17, 15) is 0 Å². The molecule has 1 unspecified atom stereocenters. The van der Waals surface area contributed by atoms with Crippen LogP contribution in [0.3, 0.4) is 0 Å². The van der Waals surface area contributed by atoms with Crippen LogP contribution >= 0.6 is 11.8 Å². The Morgan fingerprint density at radius 1 is 1.14 bits per heavy atom. The quantitative estimate of drug-likeness (QED) is 0.698. The number of unbranched alkanes of at least 4 members (excludes halogenated alkanes) is 2. The van der Waals surface area contributed by atoms with E-state index in [1.165, 1.54) is 30.6 Å². The predicted molar refractivity (Wildman–Crippen MR) is 90.7 cm³/mol. The first-order valence-electron chi connectivity index (χ1n) is 8.05. The summed E-state index contributed by atoms with van der Waals surface area (Å²) in [5.41, 5.74) is 1.30. The van der Waals surface area contributed by atoms with Crippen LogP contribution in [-0.2, 0) is 0 Å². The fourth-order valence-electron chi connectivity index (χ4n) is 2.45. The highest BCUT2D eigenvalue weighted by Crippen LogP contribution is 2.33. The average Bonchev–Trinajstić information content (AvgIpc) is 2.53. The third-order valence-electron chi connectivity index (χ3n) is 3.60. The van der Waals surface area contributed by atoms with Crippen molar-refractivity contribution in [3.05, 3.63) is 23.8 Å². The lowest BCUT2D eigenvalue weighted by atomic mass is 10.1. The molecule has 0 bridgehead atoms. The molecule has 4 heteroatoms. The predicted octanol–water partition coefficient (Wildman–Crippen LogP) is 4.03. The topological polar surface area (TPSA) is 30.5 Å². The summed E-state index contributed by atoms with van der Waals surface area (Å²) in [5, 5.41) is 3.58. The van der Waals surface area contributed by atoms with Crippen LogP contribution < -0.4 is 14.8 Å². The lowest BCUT2D eigenvalue weighted by Crippen LogP contribution is -2.23. The van der Waals surface area contributed by atoms with Crippen LogP contribution in [0.1, 0.15) is 44.7 Å². The zero-order valence-corrected chi connectivity index (χ0v) is 14.0. The number of hydrogen-bond acceptors (Lipinski definition) is 4. The molecule has 1 atom stereocenters. The van der Waals surface area contributed by atoms with Crippen LogP contribution in [0.5, 0.6) is 11.5 Å². The van der Waals surface area contributed by atoms with Gasteiger partial charge in [-0.3, -0.25) is 0 Å². The van der Waals surface area contributed by atoms with Crippen LogP contribution in [0.2, 0.25) is 0 Å². The van der Waals surface area contributed by atoms with E-state index in [1.54, 1.807) is 0 Å². The molecule has 0 radical (unpaired) electrons. The minimum atomic E-state index is 0.387. The van der Waals surface area contributed by atoms with Gasteiger partial charge < -0.3 is 14.8 Å². The Bertz CT molecular complexity index is 425. The zero-order valence-electron chi connectivity index (χ0n) is 13.2. The second kappa shape index (κ2) is 9.21. The van der Waals surface area contributed by atoms with E-state index in [0.717, 1.165) is 23.8 Å². The summed E-state index contributed by atoms with van der Waals surface area (Å²) >= 11 is 2.04. The van der Waals surface area contributed by atoms with E-state index in [4.69, 9.17) is 9.47 Å². The Hall–Kier alpha value is -0.870. The molecule has 1 aliphatic heterocycles. The van der Waals surface area contributed by atoms with Crippen molar-refractivity contribution in [3.63, 3.8) is 0 Å². The Balaban J connectivity index is 1.93. The van der Waals surface area contributed by atoms with Crippen molar-refractivity contribution >= 4 is 11.8 Å². The van der Waals surface area contributed by atoms with Gasteiger partial charge in [-0.2, -0.15) is 11.8 Å². The molecule has 3 nitrogen and oxygen atoms in total. The Morgan fingerprint density at radius 3 is 2.71 bits per heavy atom. The van der Waals surface area contributed by atoms with Gasteiger partial charge in [-0.25, -0.2) is 0 Å². The molecule has 1 heterocycles. The minimum absolute atomic E-state index is 0.387. The van der Waals surface area contributed by atoms with Crippen molar-refractivity contribution in [3.8, 4) is 11.5 Å². The summed E-state index contributed by atoms with van der Waals surface area (Å²) < 4.78 is 11.3. The fraction of sp³-hybridized carbons (Fsp3) is 0.647. The van der Waals surface area contributed by atoms with E-state index in [-0.39, 0.29) is 0 Å². The molecule has 2 rings (SSSR count). The first kappa shape index (κ1) is 16.5. The third-order valence-corrected chi connectivity index (χ3v) is 4.74. The third kappa shape index (κ3) is 5.11. The van der Waals surface area contributed by atoms with Crippen LogP contribution in [0.15, 0.2) is 18.2 Å². The Kier molecular flexibility index (Phi) is 7.24. The second-order valence-electron chi connectivity index (χ2n) is 5.30. The van der Waals surface area contributed by atoms with E-state index in [2.05, 4.69) is 31.3 Å². The number of nitrogens with one attached hydrogen (secondary N) is 1. The maximum atomic E-state index is 5.69. The zero-order chi connectivity index (χ0) is 14.9. The van der Waals surface area contributed by atoms with Gasteiger partial charge in [0.1, 0.15) is 13.2 Å². The highest BCUT2D eigenvalue weighted by Gasteiger charge is 2.16. The average molecular weight is 309 g/mol. The van der Waals surface area contributed by atoms with Crippen LogP contribution in [-0.4, -0.2) is 31.3 Å². The highest BCUT2D eigenvalue weighted by molar-refractivity contribution is 7.99. The normalized spacial score (nSPS) is 15.0. The lowest BCUT2D eigenvalue weighted by molar-refractivity contribution is 0.171. The molecule has 1 aromatic rings. The van der Waals surface area contributed by atoms with Crippen LogP contribution in [0.25, 0.3) is 0 Å². The van der Waals surface area contributed by atoms with Crippen molar-refractivity contribution in [1.82, 2.24) is 5.32 Å². The fourth-order valence-corrected chi connectivity index (χ4v) is 3.57. The van der Waals surface area contributed by atoms with Gasteiger partial charge >= 0.3 is 0 Å². The maximum Gasteiger partial charge on any atom is 0.161 e. The van der Waals surface area contributed by atoms with Crippen molar-refractivity contribution in [2.24, 2.45) is 0 Å². The smallest absolute Gasteiger partial charge is 0.161 e. The van der Waals surface area contributed by atoms with Crippen LogP contribution in [0, 0.1) is 0 Å². The van der Waals surface area contributed by atoms with Gasteiger partial charge in [0, 0.05) is 11.8 Å². The number of ether oxygens (including phenoxy) is 2. The molecule has 118 valence electrons. The number of hydrogen-bond donors (Lipinski definition) is 1. The van der Waals surface area contributed by atoms with Gasteiger partial charge in [-0.1, -0.05) is 32.8 Å². The summed E-state index contributed by atoms with van der Waals surface area (Å²) in [5.74, 6) is 4.12. The van der Waals surface area contributed by atoms with Gasteiger partial charge in [0.2, 0.25) is 0 Å². The Morgan fingerprint density at radius 2 is 1.95 bits per heavy atom. The first-order chi connectivity index (χ1) is 10.3. The molecule has 0 aliphatic carbocycles. The molecule has 0 saturated heterocycles. The first-order valence-corrected chi connectivity index (χ1v) is 9.21. The van der Waals surface area contributed by atoms with Gasteiger partial charge in [0.25, 0.3) is 0 Å². The molecule has 0 aromatic heterocycles. The number of thioether (sulfide) groups is 1. The molecular weight excluding hydrogens is 282 g/mol. The molecule has 0 amide bonds. The standard InChI is InChI=1S/C17H27NO2S/c1-3-5-6-11-21-13-15(18-4-2)14-7-8-16-17(12-14)20-10-9-19-16/h7-8,12,15,18H,3-6,9-11,13H2,1-2H3. The molecule has 1 N–H and O–H groups in total.